The summed E-state index contributed by atoms with van der Waals surface area (Å²) in [5, 5.41) is 12.4. The highest BCUT2D eigenvalue weighted by Gasteiger charge is 2.08. The van der Waals surface area contributed by atoms with Crippen molar-refractivity contribution in [1.29, 1.82) is 0 Å². The highest BCUT2D eigenvalue weighted by molar-refractivity contribution is 9.11. The van der Waals surface area contributed by atoms with Crippen LogP contribution in [0.1, 0.15) is 11.6 Å². The lowest BCUT2D eigenvalue weighted by molar-refractivity contribution is 0.248. The summed E-state index contributed by atoms with van der Waals surface area (Å²) < 4.78 is 0.881. The summed E-state index contributed by atoms with van der Waals surface area (Å²) in [5.74, 6) is 0. The van der Waals surface area contributed by atoms with Crippen LogP contribution in [0.3, 0.4) is 0 Å². The first kappa shape index (κ1) is 11.4. The Morgan fingerprint density at radius 2 is 2.07 bits per heavy atom. The first-order valence-corrected chi connectivity index (χ1v) is 5.26. The van der Waals surface area contributed by atoms with E-state index in [1.165, 1.54) is 0 Å². The van der Waals surface area contributed by atoms with E-state index in [4.69, 9.17) is 0 Å². The van der Waals surface area contributed by atoms with Crippen molar-refractivity contribution in [2.45, 2.75) is 6.04 Å². The van der Waals surface area contributed by atoms with Crippen molar-refractivity contribution >= 4 is 15.9 Å². The van der Waals surface area contributed by atoms with Gasteiger partial charge in [-0.15, -0.1) is 0 Å². The maximum atomic E-state index is 9.18. The van der Waals surface area contributed by atoms with Gasteiger partial charge >= 0.3 is 0 Å². The molecule has 0 spiro atoms. The van der Waals surface area contributed by atoms with Gasteiger partial charge in [-0.2, -0.15) is 0 Å². The molecule has 1 aromatic rings. The Bertz CT molecular complexity index is 287. The Labute approximate surface area is 92.8 Å². The number of rotatable bonds is 5. The van der Waals surface area contributed by atoms with E-state index in [0.717, 1.165) is 10.0 Å². The maximum Gasteiger partial charge on any atom is 0.0626 e. The fourth-order valence-electron chi connectivity index (χ4n) is 1.21. The minimum absolute atomic E-state index is 0.0227. The molecule has 0 fully saturated rings. The SMILES string of the molecule is C=C(Br)CNC(CO)c1ccccc1. The van der Waals surface area contributed by atoms with E-state index < -0.39 is 0 Å². The lowest BCUT2D eigenvalue weighted by Gasteiger charge is -2.16. The first-order valence-electron chi connectivity index (χ1n) is 4.46. The second-order valence-electron chi connectivity index (χ2n) is 3.04. The Morgan fingerprint density at radius 3 is 2.57 bits per heavy atom. The third kappa shape index (κ3) is 3.62. The lowest BCUT2D eigenvalue weighted by Crippen LogP contribution is -2.25. The van der Waals surface area contributed by atoms with Crippen molar-refractivity contribution < 1.29 is 5.11 Å². The van der Waals surface area contributed by atoms with Gasteiger partial charge in [0.1, 0.15) is 0 Å². The maximum absolute atomic E-state index is 9.18. The molecule has 0 saturated carbocycles. The number of aliphatic hydroxyl groups excluding tert-OH is 1. The summed E-state index contributed by atoms with van der Waals surface area (Å²) >= 11 is 3.27. The van der Waals surface area contributed by atoms with E-state index in [2.05, 4.69) is 27.8 Å². The molecule has 1 rings (SSSR count). The van der Waals surface area contributed by atoms with Gasteiger partial charge in [0.2, 0.25) is 0 Å². The van der Waals surface area contributed by atoms with Gasteiger partial charge in [-0.05, 0) is 5.56 Å². The van der Waals surface area contributed by atoms with Crippen LogP contribution in [0, 0.1) is 0 Å². The van der Waals surface area contributed by atoms with E-state index in [0.29, 0.717) is 6.54 Å². The molecule has 0 amide bonds. The van der Waals surface area contributed by atoms with Crippen LogP contribution < -0.4 is 5.32 Å². The number of aliphatic hydroxyl groups is 1. The molecule has 1 unspecified atom stereocenters. The topological polar surface area (TPSA) is 32.3 Å². The van der Waals surface area contributed by atoms with Crippen molar-refractivity contribution in [1.82, 2.24) is 5.32 Å². The number of hydrogen-bond donors (Lipinski definition) is 2. The minimum atomic E-state index is -0.0227. The Kier molecular flexibility index (Phi) is 4.87. The fourth-order valence-corrected chi connectivity index (χ4v) is 1.37. The van der Waals surface area contributed by atoms with Crippen LogP contribution in [0.25, 0.3) is 0 Å². The zero-order valence-electron chi connectivity index (χ0n) is 7.91. The van der Waals surface area contributed by atoms with Gasteiger partial charge in [-0.1, -0.05) is 52.8 Å². The summed E-state index contributed by atoms with van der Waals surface area (Å²) in [6.07, 6.45) is 0. The summed E-state index contributed by atoms with van der Waals surface area (Å²) in [5.41, 5.74) is 1.09. The van der Waals surface area contributed by atoms with Crippen LogP contribution >= 0.6 is 15.9 Å². The normalized spacial score (nSPS) is 12.4. The van der Waals surface area contributed by atoms with Gasteiger partial charge in [-0.3, -0.25) is 0 Å². The number of halogens is 1. The second-order valence-corrected chi connectivity index (χ2v) is 4.17. The average molecular weight is 256 g/mol. The molecule has 1 atom stereocenters. The molecule has 2 nitrogen and oxygen atoms in total. The molecule has 3 heteroatoms. The van der Waals surface area contributed by atoms with E-state index in [-0.39, 0.29) is 12.6 Å². The van der Waals surface area contributed by atoms with E-state index in [9.17, 15) is 5.11 Å². The van der Waals surface area contributed by atoms with Crippen molar-refractivity contribution in [3.63, 3.8) is 0 Å². The highest BCUT2D eigenvalue weighted by atomic mass is 79.9. The van der Waals surface area contributed by atoms with Crippen LogP contribution in [0.2, 0.25) is 0 Å². The van der Waals surface area contributed by atoms with E-state index in [1.807, 2.05) is 30.3 Å². The van der Waals surface area contributed by atoms with Crippen LogP contribution in [-0.4, -0.2) is 18.3 Å². The van der Waals surface area contributed by atoms with Crippen LogP contribution in [0.5, 0.6) is 0 Å². The van der Waals surface area contributed by atoms with Gasteiger partial charge in [0.05, 0.1) is 12.6 Å². The lowest BCUT2D eigenvalue weighted by atomic mass is 10.1. The summed E-state index contributed by atoms with van der Waals surface area (Å²) in [6, 6.07) is 9.84. The molecular weight excluding hydrogens is 242 g/mol. The first-order chi connectivity index (χ1) is 6.74. The molecule has 76 valence electrons. The third-order valence-electron chi connectivity index (χ3n) is 1.92. The zero-order valence-corrected chi connectivity index (χ0v) is 9.50. The number of hydrogen-bond acceptors (Lipinski definition) is 2. The second kappa shape index (κ2) is 5.96. The molecule has 2 N–H and O–H groups in total. The molecule has 0 bridgehead atoms. The molecule has 0 radical (unpaired) electrons. The van der Waals surface area contributed by atoms with Crippen LogP contribution in [0.15, 0.2) is 41.4 Å². The monoisotopic (exact) mass is 255 g/mol. The van der Waals surface area contributed by atoms with Crippen molar-refractivity contribution in [2.75, 3.05) is 13.2 Å². The van der Waals surface area contributed by atoms with Crippen molar-refractivity contribution in [3.05, 3.63) is 47.0 Å². The smallest absolute Gasteiger partial charge is 0.0626 e. The van der Waals surface area contributed by atoms with Gasteiger partial charge in [-0.25, -0.2) is 0 Å². The number of nitrogens with one attached hydrogen (secondary N) is 1. The molecule has 14 heavy (non-hydrogen) atoms. The zero-order chi connectivity index (χ0) is 10.4. The molecule has 1 aromatic carbocycles. The minimum Gasteiger partial charge on any atom is -0.394 e. The van der Waals surface area contributed by atoms with Gasteiger partial charge in [0, 0.05) is 11.0 Å². The molecule has 0 saturated heterocycles. The molecule has 0 aromatic heterocycles. The quantitative estimate of drug-likeness (QED) is 0.846. The molecule has 0 aliphatic heterocycles. The molecule has 0 aliphatic rings. The highest BCUT2D eigenvalue weighted by Crippen LogP contribution is 2.12. The average Bonchev–Trinajstić information content (AvgIpc) is 2.20. The molecule has 0 heterocycles. The van der Waals surface area contributed by atoms with Crippen LogP contribution in [0.4, 0.5) is 0 Å². The summed E-state index contributed by atoms with van der Waals surface area (Å²) in [7, 11) is 0. The fraction of sp³-hybridized carbons (Fsp3) is 0.273. The predicted octanol–water partition coefficient (Wildman–Crippen LogP) is 2.22. The van der Waals surface area contributed by atoms with E-state index >= 15 is 0 Å². The Balaban J connectivity index is 2.58. The largest absolute Gasteiger partial charge is 0.394 e. The Hall–Kier alpha value is -0.640. The number of benzene rings is 1. The van der Waals surface area contributed by atoms with Gasteiger partial charge in [0.15, 0.2) is 0 Å². The van der Waals surface area contributed by atoms with Crippen LogP contribution in [-0.2, 0) is 0 Å². The van der Waals surface area contributed by atoms with Gasteiger partial charge < -0.3 is 10.4 Å². The molecular formula is C11H14BrNO. The third-order valence-corrected chi connectivity index (χ3v) is 2.21. The van der Waals surface area contributed by atoms with Gasteiger partial charge in [0.25, 0.3) is 0 Å². The summed E-state index contributed by atoms with van der Waals surface area (Å²) in [6.45, 7) is 4.47. The predicted molar refractivity (Wildman–Crippen MR) is 62.3 cm³/mol. The van der Waals surface area contributed by atoms with Crippen molar-refractivity contribution in [3.8, 4) is 0 Å². The Morgan fingerprint density at radius 1 is 1.43 bits per heavy atom. The standard InChI is InChI=1S/C11H14BrNO/c1-9(12)7-13-11(8-14)10-5-3-2-4-6-10/h2-6,11,13-14H,1,7-8H2. The van der Waals surface area contributed by atoms with E-state index in [1.54, 1.807) is 0 Å². The summed E-state index contributed by atoms with van der Waals surface area (Å²) in [4.78, 5) is 0. The van der Waals surface area contributed by atoms with Crippen molar-refractivity contribution in [2.24, 2.45) is 0 Å². The molecule has 0 aliphatic carbocycles.